The van der Waals surface area contributed by atoms with Gasteiger partial charge in [0.25, 0.3) is 0 Å². The van der Waals surface area contributed by atoms with Crippen LogP contribution in [0.1, 0.15) is 19.8 Å². The maximum absolute atomic E-state index is 11.9. The molecule has 0 bridgehead atoms. The highest BCUT2D eigenvalue weighted by molar-refractivity contribution is 6.33. The van der Waals surface area contributed by atoms with Crippen molar-refractivity contribution in [2.45, 2.75) is 19.8 Å². The Bertz CT molecular complexity index is 869. The largest absolute Gasteiger partial charge is 0.492 e. The molecule has 1 aromatic heterocycles. The second-order valence-electron chi connectivity index (χ2n) is 5.33. The maximum atomic E-state index is 11.9. The maximum Gasteiger partial charge on any atom is 0.336 e. The normalized spacial score (nSPS) is 10.9. The van der Waals surface area contributed by atoms with Gasteiger partial charge in [-0.25, -0.2) is 4.79 Å². The van der Waals surface area contributed by atoms with Crippen molar-refractivity contribution in [2.75, 3.05) is 6.61 Å². The lowest BCUT2D eigenvalue weighted by Crippen LogP contribution is -2.00. The van der Waals surface area contributed by atoms with E-state index in [1.165, 1.54) is 6.07 Å². The van der Waals surface area contributed by atoms with Crippen LogP contribution in [0.5, 0.6) is 5.75 Å². The van der Waals surface area contributed by atoms with Gasteiger partial charge in [0.2, 0.25) is 0 Å². The lowest BCUT2D eigenvalue weighted by atomic mass is 10.0. The Morgan fingerprint density at radius 1 is 1.13 bits per heavy atom. The quantitative estimate of drug-likeness (QED) is 0.471. The Balaban J connectivity index is 2.13. The molecule has 0 aliphatic carbocycles. The van der Waals surface area contributed by atoms with Gasteiger partial charge in [-0.1, -0.05) is 55.3 Å². The zero-order valence-electron chi connectivity index (χ0n) is 12.8. The highest BCUT2D eigenvalue weighted by Gasteiger charge is 2.12. The third-order valence-electron chi connectivity index (χ3n) is 3.64. The zero-order chi connectivity index (χ0) is 16.2. The van der Waals surface area contributed by atoms with Gasteiger partial charge in [-0.15, -0.1) is 0 Å². The number of benzene rings is 2. The highest BCUT2D eigenvalue weighted by atomic mass is 35.5. The SMILES string of the molecule is CCCCOc1cc2oc(=O)cc(-c3ccccc3)c2cc1Cl. The van der Waals surface area contributed by atoms with Gasteiger partial charge in [0.15, 0.2) is 0 Å². The fourth-order valence-corrected chi connectivity index (χ4v) is 2.67. The molecule has 23 heavy (non-hydrogen) atoms. The molecule has 3 aromatic rings. The number of hydrogen-bond acceptors (Lipinski definition) is 3. The topological polar surface area (TPSA) is 39.4 Å². The summed E-state index contributed by atoms with van der Waals surface area (Å²) in [6.45, 7) is 2.68. The summed E-state index contributed by atoms with van der Waals surface area (Å²) in [5.74, 6) is 0.543. The molecule has 0 unspecified atom stereocenters. The van der Waals surface area contributed by atoms with Crippen LogP contribution in [0.3, 0.4) is 0 Å². The Labute approximate surface area is 139 Å². The van der Waals surface area contributed by atoms with E-state index in [9.17, 15) is 4.79 Å². The number of rotatable bonds is 5. The average Bonchev–Trinajstić information content (AvgIpc) is 2.56. The third-order valence-corrected chi connectivity index (χ3v) is 3.93. The predicted molar refractivity (Wildman–Crippen MR) is 93.3 cm³/mol. The molecule has 1 heterocycles. The molecule has 2 aromatic carbocycles. The van der Waals surface area contributed by atoms with Gasteiger partial charge in [0.1, 0.15) is 11.3 Å². The monoisotopic (exact) mass is 328 g/mol. The first kappa shape index (κ1) is 15.6. The van der Waals surface area contributed by atoms with Crippen LogP contribution >= 0.6 is 11.6 Å². The second kappa shape index (κ2) is 6.88. The summed E-state index contributed by atoms with van der Waals surface area (Å²) < 4.78 is 11.0. The van der Waals surface area contributed by atoms with Crippen LogP contribution in [-0.2, 0) is 0 Å². The van der Waals surface area contributed by atoms with E-state index in [2.05, 4.69) is 6.92 Å². The summed E-state index contributed by atoms with van der Waals surface area (Å²) in [6.07, 6.45) is 1.99. The smallest absolute Gasteiger partial charge is 0.336 e. The molecule has 4 heteroatoms. The van der Waals surface area contributed by atoms with Crippen LogP contribution in [0.25, 0.3) is 22.1 Å². The Morgan fingerprint density at radius 3 is 2.65 bits per heavy atom. The van der Waals surface area contributed by atoms with Crippen molar-refractivity contribution in [3.63, 3.8) is 0 Å². The summed E-state index contributed by atoms with van der Waals surface area (Å²) >= 11 is 6.34. The molecule has 0 atom stereocenters. The number of hydrogen-bond donors (Lipinski definition) is 0. The lowest BCUT2D eigenvalue weighted by Gasteiger charge is -2.10. The van der Waals surface area contributed by atoms with Gasteiger partial charge in [-0.05, 0) is 23.6 Å². The lowest BCUT2D eigenvalue weighted by molar-refractivity contribution is 0.309. The molecule has 0 radical (unpaired) electrons. The van der Waals surface area contributed by atoms with E-state index in [4.69, 9.17) is 20.8 Å². The van der Waals surface area contributed by atoms with E-state index in [0.717, 1.165) is 29.4 Å². The summed E-state index contributed by atoms with van der Waals surface area (Å²) in [6, 6.07) is 14.7. The van der Waals surface area contributed by atoms with Gasteiger partial charge in [-0.3, -0.25) is 0 Å². The predicted octanol–water partition coefficient (Wildman–Crippen LogP) is 5.29. The van der Waals surface area contributed by atoms with E-state index < -0.39 is 5.63 Å². The van der Waals surface area contributed by atoms with Crippen molar-refractivity contribution in [1.82, 2.24) is 0 Å². The van der Waals surface area contributed by atoms with Crippen molar-refractivity contribution in [3.05, 3.63) is 64.0 Å². The van der Waals surface area contributed by atoms with Gasteiger partial charge in [0, 0.05) is 17.5 Å². The fourth-order valence-electron chi connectivity index (χ4n) is 2.46. The van der Waals surface area contributed by atoms with Crippen molar-refractivity contribution in [1.29, 1.82) is 0 Å². The summed E-state index contributed by atoms with van der Waals surface area (Å²) in [5.41, 5.74) is 1.84. The average molecular weight is 329 g/mol. The first-order chi connectivity index (χ1) is 11.2. The molecule has 0 saturated heterocycles. The summed E-state index contributed by atoms with van der Waals surface area (Å²) in [7, 11) is 0. The van der Waals surface area contributed by atoms with E-state index in [-0.39, 0.29) is 0 Å². The minimum atomic E-state index is -0.391. The molecule has 0 N–H and O–H groups in total. The molecule has 0 amide bonds. The second-order valence-corrected chi connectivity index (χ2v) is 5.73. The molecule has 0 spiro atoms. The molecule has 118 valence electrons. The van der Waals surface area contributed by atoms with Crippen LogP contribution in [0.2, 0.25) is 5.02 Å². The number of ether oxygens (including phenoxy) is 1. The van der Waals surface area contributed by atoms with E-state index in [1.54, 1.807) is 12.1 Å². The summed E-state index contributed by atoms with van der Waals surface area (Å²) in [4.78, 5) is 11.9. The molecule has 0 saturated carbocycles. The number of fused-ring (bicyclic) bond motifs is 1. The Kier molecular flexibility index (Phi) is 4.68. The minimum absolute atomic E-state index is 0.391. The first-order valence-corrected chi connectivity index (χ1v) is 8.02. The zero-order valence-corrected chi connectivity index (χ0v) is 13.6. The van der Waals surface area contributed by atoms with Crippen molar-refractivity contribution in [3.8, 4) is 16.9 Å². The number of halogens is 1. The molecule has 0 fully saturated rings. The van der Waals surface area contributed by atoms with Crippen molar-refractivity contribution in [2.24, 2.45) is 0 Å². The Hall–Kier alpha value is -2.26. The molecule has 3 nitrogen and oxygen atoms in total. The van der Waals surface area contributed by atoms with Gasteiger partial charge in [-0.2, -0.15) is 0 Å². The molecular weight excluding hydrogens is 312 g/mol. The fraction of sp³-hybridized carbons (Fsp3) is 0.211. The Morgan fingerprint density at radius 2 is 1.91 bits per heavy atom. The van der Waals surface area contributed by atoms with Gasteiger partial charge < -0.3 is 9.15 Å². The molecule has 0 aliphatic heterocycles. The van der Waals surface area contributed by atoms with Crippen molar-refractivity contribution >= 4 is 22.6 Å². The van der Waals surface area contributed by atoms with E-state index >= 15 is 0 Å². The molecule has 0 aliphatic rings. The van der Waals surface area contributed by atoms with Gasteiger partial charge in [0.05, 0.1) is 11.6 Å². The van der Waals surface area contributed by atoms with Crippen LogP contribution in [-0.4, -0.2) is 6.61 Å². The minimum Gasteiger partial charge on any atom is -0.492 e. The van der Waals surface area contributed by atoms with Crippen LogP contribution < -0.4 is 10.4 Å². The van der Waals surface area contributed by atoms with E-state index in [1.807, 2.05) is 30.3 Å². The van der Waals surface area contributed by atoms with Crippen LogP contribution in [0.15, 0.2) is 57.7 Å². The third kappa shape index (κ3) is 3.40. The van der Waals surface area contributed by atoms with Crippen LogP contribution in [0, 0.1) is 0 Å². The standard InChI is InChI=1S/C19H17ClO3/c1-2-3-9-22-18-12-17-15(10-16(18)20)14(11-19(21)23-17)13-7-5-4-6-8-13/h4-8,10-12H,2-3,9H2,1H3. The summed E-state index contributed by atoms with van der Waals surface area (Å²) in [5, 5.41) is 1.31. The highest BCUT2D eigenvalue weighted by Crippen LogP contribution is 2.34. The van der Waals surface area contributed by atoms with Crippen molar-refractivity contribution < 1.29 is 9.15 Å². The molecular formula is C19H17ClO3. The van der Waals surface area contributed by atoms with Gasteiger partial charge >= 0.3 is 5.63 Å². The number of unbranched alkanes of at least 4 members (excludes halogenated alkanes) is 1. The molecule has 3 rings (SSSR count). The first-order valence-electron chi connectivity index (χ1n) is 7.64. The van der Waals surface area contributed by atoms with E-state index in [0.29, 0.717) is 23.0 Å². The van der Waals surface area contributed by atoms with Crippen LogP contribution in [0.4, 0.5) is 0 Å².